The standard InChI is InChI=1S/C22H23ClN2O2/c1-14(2)24-22(26)20-13-21(16-8-10-17(23)11-9-16)25(15(20)3)18-6-5-7-19(12-18)27-4/h5-14H,1-4H3,(H,24,26). The molecule has 3 rings (SSSR count). The number of halogens is 1. The highest BCUT2D eigenvalue weighted by atomic mass is 35.5. The molecule has 0 radical (unpaired) electrons. The minimum absolute atomic E-state index is 0.0658. The van der Waals surface area contributed by atoms with Gasteiger partial charge in [0.2, 0.25) is 0 Å². The van der Waals surface area contributed by atoms with Crippen molar-refractivity contribution in [3.05, 3.63) is 70.9 Å². The van der Waals surface area contributed by atoms with Gasteiger partial charge in [-0.25, -0.2) is 0 Å². The molecule has 1 aromatic heterocycles. The van der Waals surface area contributed by atoms with E-state index < -0.39 is 0 Å². The summed E-state index contributed by atoms with van der Waals surface area (Å²) in [4.78, 5) is 12.7. The number of nitrogens with one attached hydrogen (secondary N) is 1. The van der Waals surface area contributed by atoms with E-state index in [0.29, 0.717) is 10.6 Å². The van der Waals surface area contributed by atoms with Gasteiger partial charge in [0.1, 0.15) is 5.75 Å². The largest absolute Gasteiger partial charge is 0.497 e. The van der Waals surface area contributed by atoms with Crippen molar-refractivity contribution in [1.82, 2.24) is 9.88 Å². The van der Waals surface area contributed by atoms with E-state index in [1.54, 1.807) is 7.11 Å². The maximum atomic E-state index is 12.7. The van der Waals surface area contributed by atoms with E-state index >= 15 is 0 Å². The number of carbonyl (C=O) groups is 1. The Bertz CT molecular complexity index is 959. The summed E-state index contributed by atoms with van der Waals surface area (Å²) in [6, 6.07) is 17.4. The zero-order valence-corrected chi connectivity index (χ0v) is 16.7. The van der Waals surface area contributed by atoms with Crippen LogP contribution in [0.4, 0.5) is 0 Å². The van der Waals surface area contributed by atoms with E-state index in [-0.39, 0.29) is 11.9 Å². The van der Waals surface area contributed by atoms with E-state index in [0.717, 1.165) is 28.4 Å². The van der Waals surface area contributed by atoms with Crippen LogP contribution in [-0.4, -0.2) is 23.6 Å². The van der Waals surface area contributed by atoms with Gasteiger partial charge in [-0.1, -0.05) is 29.8 Å². The SMILES string of the molecule is COc1cccc(-n2c(-c3ccc(Cl)cc3)cc(C(=O)NC(C)C)c2C)c1. The van der Waals surface area contributed by atoms with Gasteiger partial charge >= 0.3 is 0 Å². The fourth-order valence-electron chi connectivity index (χ4n) is 3.09. The second-order valence-electron chi connectivity index (χ2n) is 6.70. The van der Waals surface area contributed by atoms with Crippen LogP contribution in [0.15, 0.2) is 54.6 Å². The molecule has 1 N–H and O–H groups in total. The first-order valence-electron chi connectivity index (χ1n) is 8.84. The smallest absolute Gasteiger partial charge is 0.253 e. The van der Waals surface area contributed by atoms with Crippen molar-refractivity contribution >= 4 is 17.5 Å². The van der Waals surface area contributed by atoms with Crippen molar-refractivity contribution in [1.29, 1.82) is 0 Å². The maximum Gasteiger partial charge on any atom is 0.253 e. The van der Waals surface area contributed by atoms with Crippen molar-refractivity contribution < 1.29 is 9.53 Å². The molecule has 2 aromatic carbocycles. The number of amides is 1. The molecule has 27 heavy (non-hydrogen) atoms. The zero-order valence-electron chi connectivity index (χ0n) is 15.9. The van der Waals surface area contributed by atoms with E-state index in [1.165, 1.54) is 0 Å². The maximum absolute atomic E-state index is 12.7. The van der Waals surface area contributed by atoms with Crippen LogP contribution in [-0.2, 0) is 0 Å². The molecule has 0 aliphatic carbocycles. The molecule has 0 aliphatic rings. The van der Waals surface area contributed by atoms with Crippen molar-refractivity contribution in [2.24, 2.45) is 0 Å². The molecule has 5 heteroatoms. The third-order valence-corrected chi connectivity index (χ3v) is 4.62. The van der Waals surface area contributed by atoms with Gasteiger partial charge in [-0.3, -0.25) is 4.79 Å². The summed E-state index contributed by atoms with van der Waals surface area (Å²) in [6.45, 7) is 5.85. The van der Waals surface area contributed by atoms with Crippen LogP contribution in [0, 0.1) is 6.92 Å². The van der Waals surface area contributed by atoms with Gasteiger partial charge < -0.3 is 14.6 Å². The third-order valence-electron chi connectivity index (χ3n) is 4.36. The Morgan fingerprint density at radius 1 is 1.11 bits per heavy atom. The molecule has 1 amide bonds. The normalized spacial score (nSPS) is 10.9. The molecule has 0 saturated heterocycles. The van der Waals surface area contributed by atoms with E-state index in [2.05, 4.69) is 9.88 Å². The highest BCUT2D eigenvalue weighted by molar-refractivity contribution is 6.30. The van der Waals surface area contributed by atoms with E-state index in [4.69, 9.17) is 16.3 Å². The first-order valence-corrected chi connectivity index (χ1v) is 9.22. The molecular formula is C22H23ClN2O2. The molecule has 3 aromatic rings. The number of methoxy groups -OCH3 is 1. The summed E-state index contributed by atoms with van der Waals surface area (Å²) in [7, 11) is 1.64. The average Bonchev–Trinajstić information content (AvgIpc) is 2.99. The minimum atomic E-state index is -0.0839. The zero-order chi connectivity index (χ0) is 19.6. The van der Waals surface area contributed by atoms with Crippen molar-refractivity contribution in [2.45, 2.75) is 26.8 Å². The lowest BCUT2D eigenvalue weighted by Gasteiger charge is -2.14. The predicted molar refractivity (Wildman–Crippen MR) is 110 cm³/mol. The molecule has 0 bridgehead atoms. The van der Waals surface area contributed by atoms with Crippen LogP contribution < -0.4 is 10.1 Å². The number of rotatable bonds is 5. The second-order valence-corrected chi connectivity index (χ2v) is 7.14. The summed E-state index contributed by atoms with van der Waals surface area (Å²) >= 11 is 6.05. The summed E-state index contributed by atoms with van der Waals surface area (Å²) in [5, 5.41) is 3.65. The monoisotopic (exact) mass is 382 g/mol. The number of carbonyl (C=O) groups excluding carboxylic acids is 1. The number of nitrogens with zero attached hydrogens (tertiary/aromatic N) is 1. The molecule has 140 valence electrons. The van der Waals surface area contributed by atoms with Crippen LogP contribution >= 0.6 is 11.6 Å². The van der Waals surface area contributed by atoms with Gasteiger partial charge in [0.05, 0.1) is 18.4 Å². The summed E-state index contributed by atoms with van der Waals surface area (Å²) in [5.41, 5.74) is 4.35. The molecule has 1 heterocycles. The second kappa shape index (κ2) is 7.89. The molecular weight excluding hydrogens is 360 g/mol. The Morgan fingerprint density at radius 2 is 1.81 bits per heavy atom. The van der Waals surface area contributed by atoms with Gasteiger partial charge in [0.25, 0.3) is 5.91 Å². The van der Waals surface area contributed by atoms with Crippen LogP contribution in [0.3, 0.4) is 0 Å². The lowest BCUT2D eigenvalue weighted by molar-refractivity contribution is 0.0942. The quantitative estimate of drug-likeness (QED) is 0.654. The predicted octanol–water partition coefficient (Wildman–Crippen LogP) is 5.25. The average molecular weight is 383 g/mol. The molecule has 0 unspecified atom stereocenters. The van der Waals surface area contributed by atoms with Gasteiger partial charge in [-0.2, -0.15) is 0 Å². The molecule has 4 nitrogen and oxygen atoms in total. The molecule has 0 spiro atoms. The lowest BCUT2D eigenvalue weighted by atomic mass is 10.1. The van der Waals surface area contributed by atoms with Crippen molar-refractivity contribution in [2.75, 3.05) is 7.11 Å². The molecule has 0 fully saturated rings. The molecule has 0 atom stereocenters. The Labute approximate surface area is 164 Å². The van der Waals surface area contributed by atoms with Crippen molar-refractivity contribution in [3.8, 4) is 22.7 Å². The molecule has 0 saturated carbocycles. The van der Waals surface area contributed by atoms with Gasteiger partial charge in [-0.05, 0) is 56.7 Å². The fourth-order valence-corrected chi connectivity index (χ4v) is 3.22. The summed E-state index contributed by atoms with van der Waals surface area (Å²) in [5.74, 6) is 0.676. The number of hydrogen-bond acceptors (Lipinski definition) is 2. The summed E-state index contributed by atoms with van der Waals surface area (Å²) in [6.07, 6.45) is 0. The van der Waals surface area contributed by atoms with Crippen LogP contribution in [0.2, 0.25) is 5.02 Å². The van der Waals surface area contributed by atoms with Gasteiger partial charge in [-0.15, -0.1) is 0 Å². The van der Waals surface area contributed by atoms with E-state index in [1.807, 2.05) is 75.4 Å². The van der Waals surface area contributed by atoms with Gasteiger partial charge in [0.15, 0.2) is 0 Å². The molecule has 0 aliphatic heterocycles. The first-order chi connectivity index (χ1) is 12.9. The Hall–Kier alpha value is -2.72. The van der Waals surface area contributed by atoms with Gasteiger partial charge in [0, 0.05) is 28.5 Å². The van der Waals surface area contributed by atoms with Crippen LogP contribution in [0.5, 0.6) is 5.75 Å². The fraction of sp³-hybridized carbons (Fsp3) is 0.227. The van der Waals surface area contributed by atoms with Crippen LogP contribution in [0.1, 0.15) is 29.9 Å². The highest BCUT2D eigenvalue weighted by Crippen LogP contribution is 2.31. The number of benzene rings is 2. The Morgan fingerprint density at radius 3 is 2.44 bits per heavy atom. The first kappa shape index (κ1) is 19.1. The third kappa shape index (κ3) is 4.01. The number of hydrogen-bond donors (Lipinski definition) is 1. The highest BCUT2D eigenvalue weighted by Gasteiger charge is 2.20. The number of aromatic nitrogens is 1. The Kier molecular flexibility index (Phi) is 5.57. The topological polar surface area (TPSA) is 43.3 Å². The lowest BCUT2D eigenvalue weighted by Crippen LogP contribution is -2.30. The minimum Gasteiger partial charge on any atom is -0.497 e. The van der Waals surface area contributed by atoms with E-state index in [9.17, 15) is 4.79 Å². The number of ether oxygens (including phenoxy) is 1. The van der Waals surface area contributed by atoms with Crippen LogP contribution in [0.25, 0.3) is 16.9 Å². The van der Waals surface area contributed by atoms with Crippen molar-refractivity contribution in [3.63, 3.8) is 0 Å². The summed E-state index contributed by atoms with van der Waals surface area (Å²) < 4.78 is 7.44. The Balaban J connectivity index is 2.20.